The zero-order chi connectivity index (χ0) is 22.6. The zero-order valence-electron chi connectivity index (χ0n) is 18.0. The fourth-order valence-corrected chi connectivity index (χ4v) is 5.41. The highest BCUT2D eigenvalue weighted by Gasteiger charge is 2.26. The van der Waals surface area contributed by atoms with Crippen molar-refractivity contribution >= 4 is 15.9 Å². The number of carbonyl (C=O) groups is 1. The van der Waals surface area contributed by atoms with Gasteiger partial charge in [-0.3, -0.25) is 4.79 Å². The topological polar surface area (TPSA) is 97.2 Å². The molecule has 168 valence electrons. The van der Waals surface area contributed by atoms with Gasteiger partial charge in [0.15, 0.2) is 0 Å². The van der Waals surface area contributed by atoms with Crippen molar-refractivity contribution in [3.63, 3.8) is 0 Å². The van der Waals surface area contributed by atoms with Crippen LogP contribution in [0.2, 0.25) is 0 Å². The Morgan fingerprint density at radius 2 is 1.75 bits per heavy atom. The lowest BCUT2D eigenvalue weighted by Crippen LogP contribution is -2.32. The maximum Gasteiger partial charge on any atom is 0.251 e. The molecular formula is C23H27N5O3S. The molecule has 1 aliphatic rings. The fourth-order valence-electron chi connectivity index (χ4n) is 3.85. The van der Waals surface area contributed by atoms with Gasteiger partial charge in [0.1, 0.15) is 12.7 Å². The Morgan fingerprint density at radius 3 is 2.41 bits per heavy atom. The average molecular weight is 454 g/mol. The van der Waals surface area contributed by atoms with Crippen LogP contribution in [0.3, 0.4) is 0 Å². The van der Waals surface area contributed by atoms with Crippen LogP contribution in [0.15, 0.2) is 66.1 Å². The number of hydrogen-bond donors (Lipinski definition) is 1. The molecule has 1 unspecified atom stereocenters. The largest absolute Gasteiger partial charge is 0.346 e. The van der Waals surface area contributed by atoms with E-state index in [9.17, 15) is 13.2 Å². The monoisotopic (exact) mass is 453 g/mol. The van der Waals surface area contributed by atoms with Gasteiger partial charge in [0, 0.05) is 18.7 Å². The lowest BCUT2D eigenvalue weighted by atomic mass is 10.1. The minimum absolute atomic E-state index is 0.164. The van der Waals surface area contributed by atoms with Gasteiger partial charge in [-0.1, -0.05) is 31.0 Å². The molecule has 9 heteroatoms. The van der Waals surface area contributed by atoms with Gasteiger partial charge in [0.25, 0.3) is 5.91 Å². The summed E-state index contributed by atoms with van der Waals surface area (Å²) in [5.41, 5.74) is 2.12. The normalized spacial score (nSPS) is 16.3. The van der Waals surface area contributed by atoms with Crippen LogP contribution in [0.4, 0.5) is 0 Å². The van der Waals surface area contributed by atoms with E-state index in [1.807, 2.05) is 31.2 Å². The molecule has 4 rings (SSSR count). The van der Waals surface area contributed by atoms with Crippen molar-refractivity contribution in [3.05, 3.63) is 72.3 Å². The Hall–Kier alpha value is -3.04. The molecule has 1 N–H and O–H groups in total. The van der Waals surface area contributed by atoms with Gasteiger partial charge in [0.2, 0.25) is 10.0 Å². The molecule has 3 aromatic rings. The van der Waals surface area contributed by atoms with E-state index in [2.05, 4.69) is 15.4 Å². The maximum atomic E-state index is 13.1. The second kappa shape index (κ2) is 9.62. The molecule has 0 bridgehead atoms. The van der Waals surface area contributed by atoms with Crippen molar-refractivity contribution < 1.29 is 13.2 Å². The molecule has 1 amide bonds. The van der Waals surface area contributed by atoms with Crippen molar-refractivity contribution in [1.82, 2.24) is 24.4 Å². The van der Waals surface area contributed by atoms with Gasteiger partial charge >= 0.3 is 0 Å². The lowest BCUT2D eigenvalue weighted by Gasteiger charge is -2.20. The van der Waals surface area contributed by atoms with Gasteiger partial charge in [-0.15, -0.1) is 0 Å². The summed E-state index contributed by atoms with van der Waals surface area (Å²) in [6.45, 7) is 2.95. The van der Waals surface area contributed by atoms with E-state index >= 15 is 0 Å². The Kier molecular flexibility index (Phi) is 6.66. The van der Waals surface area contributed by atoms with Crippen LogP contribution in [0.25, 0.3) is 5.69 Å². The highest BCUT2D eigenvalue weighted by Crippen LogP contribution is 2.22. The third-order valence-electron chi connectivity index (χ3n) is 5.72. The summed E-state index contributed by atoms with van der Waals surface area (Å²) >= 11 is 0. The first-order valence-electron chi connectivity index (χ1n) is 10.8. The second-order valence-electron chi connectivity index (χ2n) is 7.97. The van der Waals surface area contributed by atoms with E-state index in [1.54, 1.807) is 29.2 Å². The van der Waals surface area contributed by atoms with Crippen LogP contribution in [0.5, 0.6) is 0 Å². The average Bonchev–Trinajstić information content (AvgIpc) is 3.20. The maximum absolute atomic E-state index is 13.1. The first-order valence-corrected chi connectivity index (χ1v) is 12.3. The fraction of sp³-hybridized carbons (Fsp3) is 0.348. The van der Waals surface area contributed by atoms with Crippen molar-refractivity contribution in [2.75, 3.05) is 13.1 Å². The molecule has 1 fully saturated rings. The molecular weight excluding hydrogens is 426 g/mol. The summed E-state index contributed by atoms with van der Waals surface area (Å²) in [4.78, 5) is 17.0. The van der Waals surface area contributed by atoms with Crippen LogP contribution in [-0.2, 0) is 10.0 Å². The number of carbonyl (C=O) groups excluding carboxylic acids is 1. The summed E-state index contributed by atoms with van der Waals surface area (Å²) in [5.74, 6) is -0.314. The SMILES string of the molecule is CC(NC(=O)c1cccc(S(=O)(=O)N2CCCCCC2)c1)c1ccc(-n2cncn2)cc1. The van der Waals surface area contributed by atoms with Crippen molar-refractivity contribution in [1.29, 1.82) is 0 Å². The van der Waals surface area contributed by atoms with Crippen LogP contribution in [0, 0.1) is 0 Å². The number of hydrogen-bond acceptors (Lipinski definition) is 5. The number of benzene rings is 2. The highest BCUT2D eigenvalue weighted by atomic mass is 32.2. The number of rotatable bonds is 6. The molecule has 1 aliphatic heterocycles. The molecule has 1 saturated heterocycles. The summed E-state index contributed by atoms with van der Waals surface area (Å²) in [6, 6.07) is 13.7. The van der Waals surface area contributed by atoms with Crippen LogP contribution < -0.4 is 5.32 Å². The first-order chi connectivity index (χ1) is 15.4. The molecule has 32 heavy (non-hydrogen) atoms. The minimum Gasteiger partial charge on any atom is -0.346 e. The number of amides is 1. The quantitative estimate of drug-likeness (QED) is 0.618. The number of nitrogens with zero attached hydrogens (tertiary/aromatic N) is 4. The molecule has 8 nitrogen and oxygen atoms in total. The summed E-state index contributed by atoms with van der Waals surface area (Å²) in [5, 5.41) is 7.05. The second-order valence-corrected chi connectivity index (χ2v) is 9.91. The molecule has 0 aliphatic carbocycles. The number of nitrogens with one attached hydrogen (secondary N) is 1. The van der Waals surface area contributed by atoms with Gasteiger partial charge < -0.3 is 5.32 Å². The van der Waals surface area contributed by atoms with Crippen molar-refractivity contribution in [2.45, 2.75) is 43.5 Å². The Balaban J connectivity index is 1.46. The highest BCUT2D eigenvalue weighted by molar-refractivity contribution is 7.89. The van der Waals surface area contributed by atoms with E-state index in [-0.39, 0.29) is 16.8 Å². The third kappa shape index (κ3) is 4.89. The van der Waals surface area contributed by atoms with Gasteiger partial charge in [-0.2, -0.15) is 9.40 Å². The van der Waals surface area contributed by atoms with Gasteiger partial charge in [0.05, 0.1) is 16.6 Å². The molecule has 2 heterocycles. The Bertz CT molecular complexity index is 1150. The van der Waals surface area contributed by atoms with E-state index in [0.29, 0.717) is 18.7 Å². The first kappa shape index (κ1) is 22.2. The van der Waals surface area contributed by atoms with Crippen molar-refractivity contribution in [3.8, 4) is 5.69 Å². The molecule has 0 saturated carbocycles. The number of aromatic nitrogens is 3. The Labute approximate surface area is 188 Å². The van der Waals surface area contributed by atoms with E-state index in [1.165, 1.54) is 16.7 Å². The Morgan fingerprint density at radius 1 is 1.03 bits per heavy atom. The summed E-state index contributed by atoms with van der Waals surface area (Å²) in [7, 11) is -3.61. The zero-order valence-corrected chi connectivity index (χ0v) is 18.8. The van der Waals surface area contributed by atoms with Crippen LogP contribution in [0.1, 0.15) is 54.6 Å². The van der Waals surface area contributed by atoms with Crippen LogP contribution in [-0.4, -0.2) is 46.5 Å². The third-order valence-corrected chi connectivity index (χ3v) is 7.62. The van der Waals surface area contributed by atoms with E-state index in [4.69, 9.17) is 0 Å². The van der Waals surface area contributed by atoms with E-state index in [0.717, 1.165) is 36.9 Å². The molecule has 2 aromatic carbocycles. The van der Waals surface area contributed by atoms with Crippen molar-refractivity contribution in [2.24, 2.45) is 0 Å². The predicted molar refractivity (Wildman–Crippen MR) is 121 cm³/mol. The van der Waals surface area contributed by atoms with Crippen LogP contribution >= 0.6 is 0 Å². The lowest BCUT2D eigenvalue weighted by molar-refractivity contribution is 0.0939. The predicted octanol–water partition coefficient (Wildman–Crippen LogP) is 3.32. The number of sulfonamides is 1. The van der Waals surface area contributed by atoms with Gasteiger partial charge in [-0.25, -0.2) is 18.1 Å². The summed E-state index contributed by atoms with van der Waals surface area (Å²) in [6.07, 6.45) is 6.92. The smallest absolute Gasteiger partial charge is 0.251 e. The molecule has 1 aromatic heterocycles. The molecule has 0 spiro atoms. The standard InChI is InChI=1S/C23H27N5O3S/c1-18(19-9-11-21(12-10-19)28-17-24-16-25-28)26-23(29)20-7-6-8-22(15-20)32(30,31)27-13-4-2-3-5-14-27/h6-12,15-18H,2-5,13-14H2,1H3,(H,26,29). The minimum atomic E-state index is -3.61. The summed E-state index contributed by atoms with van der Waals surface area (Å²) < 4.78 is 29.3. The van der Waals surface area contributed by atoms with E-state index < -0.39 is 10.0 Å². The molecule has 1 atom stereocenters. The molecule has 0 radical (unpaired) electrons. The van der Waals surface area contributed by atoms with Gasteiger partial charge in [-0.05, 0) is 55.7 Å².